The lowest BCUT2D eigenvalue weighted by Gasteiger charge is -2.18. The van der Waals surface area contributed by atoms with Crippen molar-refractivity contribution >= 4 is 33.6 Å². The SMILES string of the molecule is COc1ccc(C(=O)NC(Cc2ccccc2)C(=O)OCC(=O)c2ccc(Br)cc2)cc1OC. The monoisotopic (exact) mass is 525 g/mol. The molecule has 0 fully saturated rings. The summed E-state index contributed by atoms with van der Waals surface area (Å²) in [5.41, 5.74) is 1.54. The molecule has 0 heterocycles. The Kier molecular flexibility index (Phi) is 8.81. The summed E-state index contributed by atoms with van der Waals surface area (Å²) in [5, 5.41) is 2.71. The topological polar surface area (TPSA) is 90.9 Å². The minimum absolute atomic E-state index is 0.200. The maximum absolute atomic E-state index is 12.9. The fraction of sp³-hybridized carbons (Fsp3) is 0.192. The van der Waals surface area contributed by atoms with Gasteiger partial charge in [-0.3, -0.25) is 9.59 Å². The molecule has 1 atom stereocenters. The molecule has 176 valence electrons. The second-order valence-electron chi connectivity index (χ2n) is 7.32. The van der Waals surface area contributed by atoms with Crippen molar-refractivity contribution in [2.75, 3.05) is 20.8 Å². The largest absolute Gasteiger partial charge is 0.493 e. The first kappa shape index (κ1) is 25.0. The fourth-order valence-corrected chi connectivity index (χ4v) is 3.48. The van der Waals surface area contributed by atoms with E-state index in [0.29, 0.717) is 17.1 Å². The molecule has 0 aliphatic rings. The van der Waals surface area contributed by atoms with Crippen LogP contribution in [0.3, 0.4) is 0 Å². The molecule has 1 amide bonds. The van der Waals surface area contributed by atoms with Gasteiger partial charge in [0.25, 0.3) is 5.91 Å². The second-order valence-corrected chi connectivity index (χ2v) is 8.24. The van der Waals surface area contributed by atoms with Crippen LogP contribution in [-0.2, 0) is 16.0 Å². The lowest BCUT2D eigenvalue weighted by atomic mass is 10.1. The quantitative estimate of drug-likeness (QED) is 0.314. The van der Waals surface area contributed by atoms with E-state index in [0.717, 1.165) is 10.0 Å². The van der Waals surface area contributed by atoms with Gasteiger partial charge in [0.1, 0.15) is 6.04 Å². The fourth-order valence-electron chi connectivity index (χ4n) is 3.22. The Balaban J connectivity index is 1.73. The number of benzene rings is 3. The summed E-state index contributed by atoms with van der Waals surface area (Å²) in [6.07, 6.45) is 0.200. The van der Waals surface area contributed by atoms with Crippen LogP contribution in [0.1, 0.15) is 26.3 Å². The molecule has 0 spiro atoms. The van der Waals surface area contributed by atoms with Gasteiger partial charge in [-0.05, 0) is 35.9 Å². The van der Waals surface area contributed by atoms with E-state index in [1.54, 1.807) is 36.4 Å². The highest BCUT2D eigenvalue weighted by Gasteiger charge is 2.25. The molecular weight excluding hydrogens is 502 g/mol. The Morgan fingerprint density at radius 2 is 1.50 bits per heavy atom. The van der Waals surface area contributed by atoms with Gasteiger partial charge in [0.15, 0.2) is 23.9 Å². The van der Waals surface area contributed by atoms with Crippen molar-refractivity contribution in [2.24, 2.45) is 0 Å². The second kappa shape index (κ2) is 12.0. The molecule has 7 nitrogen and oxygen atoms in total. The Bertz CT molecular complexity index is 1150. The first-order chi connectivity index (χ1) is 16.4. The van der Waals surface area contributed by atoms with Crippen LogP contribution in [-0.4, -0.2) is 44.5 Å². The minimum Gasteiger partial charge on any atom is -0.493 e. The van der Waals surface area contributed by atoms with Crippen LogP contribution in [0.5, 0.6) is 11.5 Å². The molecule has 0 radical (unpaired) electrons. The summed E-state index contributed by atoms with van der Waals surface area (Å²) in [5.74, 6) is -0.671. The Morgan fingerprint density at radius 1 is 0.853 bits per heavy atom. The molecule has 0 saturated heterocycles. The predicted octanol–water partition coefficient (Wildman–Crippen LogP) is 4.23. The molecule has 3 aromatic carbocycles. The molecular formula is C26H24BrNO6. The normalized spacial score (nSPS) is 11.3. The lowest BCUT2D eigenvalue weighted by Crippen LogP contribution is -2.43. The van der Waals surface area contributed by atoms with Crippen molar-refractivity contribution in [3.8, 4) is 11.5 Å². The highest BCUT2D eigenvalue weighted by Crippen LogP contribution is 2.27. The number of carbonyl (C=O) groups excluding carboxylic acids is 3. The van der Waals surface area contributed by atoms with Crippen LogP contribution in [0.25, 0.3) is 0 Å². The van der Waals surface area contributed by atoms with Crippen LogP contribution in [0.15, 0.2) is 77.3 Å². The van der Waals surface area contributed by atoms with Crippen LogP contribution < -0.4 is 14.8 Å². The number of esters is 1. The molecule has 3 aromatic rings. The maximum Gasteiger partial charge on any atom is 0.329 e. The number of rotatable bonds is 10. The average molecular weight is 526 g/mol. The number of ketones is 1. The van der Waals surface area contributed by atoms with E-state index >= 15 is 0 Å². The molecule has 1 unspecified atom stereocenters. The molecule has 34 heavy (non-hydrogen) atoms. The third-order valence-corrected chi connectivity index (χ3v) is 5.56. The van der Waals surface area contributed by atoms with Gasteiger partial charge in [0.05, 0.1) is 14.2 Å². The average Bonchev–Trinajstić information content (AvgIpc) is 2.87. The third-order valence-electron chi connectivity index (χ3n) is 5.03. The van der Waals surface area contributed by atoms with E-state index in [1.165, 1.54) is 20.3 Å². The van der Waals surface area contributed by atoms with E-state index in [-0.39, 0.29) is 17.8 Å². The molecule has 0 bridgehead atoms. The summed E-state index contributed by atoms with van der Waals surface area (Å²) in [6.45, 7) is -0.433. The van der Waals surface area contributed by atoms with E-state index < -0.39 is 24.5 Å². The summed E-state index contributed by atoms with van der Waals surface area (Å²) < 4.78 is 16.6. The standard InChI is InChI=1S/C26H24BrNO6/c1-32-23-13-10-19(15-24(23)33-2)25(30)28-21(14-17-6-4-3-5-7-17)26(31)34-16-22(29)18-8-11-20(27)12-9-18/h3-13,15,21H,14,16H2,1-2H3,(H,28,30). The number of hydrogen-bond acceptors (Lipinski definition) is 6. The molecule has 0 aromatic heterocycles. The van der Waals surface area contributed by atoms with Gasteiger partial charge in [0, 0.05) is 22.0 Å². The number of amides is 1. The van der Waals surface area contributed by atoms with Gasteiger partial charge >= 0.3 is 5.97 Å². The number of methoxy groups -OCH3 is 2. The van der Waals surface area contributed by atoms with Crippen LogP contribution in [0.4, 0.5) is 0 Å². The summed E-state index contributed by atoms with van der Waals surface area (Å²) in [6, 6.07) is 19.7. The molecule has 0 aliphatic heterocycles. The molecule has 0 aliphatic carbocycles. The van der Waals surface area contributed by atoms with Crippen molar-refractivity contribution in [3.05, 3.63) is 94.0 Å². The number of hydrogen-bond donors (Lipinski definition) is 1. The summed E-state index contributed by atoms with van der Waals surface area (Å²) >= 11 is 3.31. The van der Waals surface area contributed by atoms with Gasteiger partial charge in [-0.2, -0.15) is 0 Å². The van der Waals surface area contributed by atoms with E-state index in [2.05, 4.69) is 21.2 Å². The number of halogens is 1. The highest BCUT2D eigenvalue weighted by molar-refractivity contribution is 9.10. The first-order valence-corrected chi connectivity index (χ1v) is 11.2. The number of Topliss-reactive ketones (excluding diaryl/α,β-unsaturated/α-hetero) is 1. The number of nitrogens with one attached hydrogen (secondary N) is 1. The van der Waals surface area contributed by atoms with Gasteiger partial charge in [-0.15, -0.1) is 0 Å². The molecule has 1 N–H and O–H groups in total. The zero-order valence-electron chi connectivity index (χ0n) is 18.7. The Labute approximate surface area is 206 Å². The Hall–Kier alpha value is -3.65. The highest BCUT2D eigenvalue weighted by atomic mass is 79.9. The van der Waals surface area contributed by atoms with Crippen molar-refractivity contribution in [2.45, 2.75) is 12.5 Å². The zero-order chi connectivity index (χ0) is 24.5. The minimum atomic E-state index is -0.999. The van der Waals surface area contributed by atoms with Crippen LogP contribution >= 0.6 is 15.9 Å². The smallest absolute Gasteiger partial charge is 0.329 e. The van der Waals surface area contributed by atoms with E-state index in [9.17, 15) is 14.4 Å². The Morgan fingerprint density at radius 3 is 2.15 bits per heavy atom. The van der Waals surface area contributed by atoms with Crippen molar-refractivity contribution in [1.29, 1.82) is 0 Å². The third kappa shape index (κ3) is 6.68. The van der Waals surface area contributed by atoms with E-state index in [1.807, 2.05) is 30.3 Å². The maximum atomic E-state index is 12.9. The van der Waals surface area contributed by atoms with Gasteiger partial charge in [0.2, 0.25) is 0 Å². The first-order valence-electron chi connectivity index (χ1n) is 10.4. The van der Waals surface area contributed by atoms with Crippen molar-refractivity contribution in [3.63, 3.8) is 0 Å². The van der Waals surface area contributed by atoms with Gasteiger partial charge in [-0.25, -0.2) is 4.79 Å². The molecule has 8 heteroatoms. The van der Waals surface area contributed by atoms with Crippen LogP contribution in [0, 0.1) is 0 Å². The van der Waals surface area contributed by atoms with E-state index in [4.69, 9.17) is 14.2 Å². The van der Waals surface area contributed by atoms with Crippen molar-refractivity contribution in [1.82, 2.24) is 5.32 Å². The summed E-state index contributed by atoms with van der Waals surface area (Å²) in [4.78, 5) is 38.2. The number of ether oxygens (including phenoxy) is 3. The molecule has 3 rings (SSSR count). The van der Waals surface area contributed by atoms with Crippen LogP contribution in [0.2, 0.25) is 0 Å². The molecule has 0 saturated carbocycles. The lowest BCUT2D eigenvalue weighted by molar-refractivity contribution is -0.144. The van der Waals surface area contributed by atoms with Gasteiger partial charge in [-0.1, -0.05) is 58.4 Å². The summed E-state index contributed by atoms with van der Waals surface area (Å²) in [7, 11) is 2.97. The zero-order valence-corrected chi connectivity index (χ0v) is 20.3. The predicted molar refractivity (Wildman–Crippen MR) is 130 cm³/mol. The van der Waals surface area contributed by atoms with Crippen molar-refractivity contribution < 1.29 is 28.6 Å². The number of carbonyl (C=O) groups is 3. The van der Waals surface area contributed by atoms with Gasteiger partial charge < -0.3 is 19.5 Å².